The molecule has 1 rings (SSSR count). The topological polar surface area (TPSA) is 80.1 Å². The number of H-pyrrole nitrogens is 1. The van der Waals surface area contributed by atoms with E-state index >= 15 is 0 Å². The largest absolute Gasteiger partial charge is 0.444 e. The van der Waals surface area contributed by atoms with Crippen LogP contribution in [0.1, 0.15) is 44.5 Å². The Bertz CT molecular complexity index is 454. The maximum Gasteiger partial charge on any atom is 0.407 e. The summed E-state index contributed by atoms with van der Waals surface area (Å²) < 4.78 is 5.26. The van der Waals surface area contributed by atoms with E-state index < -0.39 is 11.7 Å². The molecule has 0 fully saturated rings. The summed E-state index contributed by atoms with van der Waals surface area (Å²) in [5.74, 6) is 0. The van der Waals surface area contributed by atoms with Crippen molar-refractivity contribution < 1.29 is 9.53 Å². The van der Waals surface area contributed by atoms with Crippen LogP contribution in [0.2, 0.25) is 0 Å². The summed E-state index contributed by atoms with van der Waals surface area (Å²) in [6, 6.07) is 0. The average molecular weight is 281 g/mol. The first-order chi connectivity index (χ1) is 9.09. The van der Waals surface area contributed by atoms with Crippen LogP contribution in [0.5, 0.6) is 0 Å². The van der Waals surface area contributed by atoms with Crippen LogP contribution in [0.25, 0.3) is 0 Å². The van der Waals surface area contributed by atoms with E-state index in [2.05, 4.69) is 10.3 Å². The van der Waals surface area contributed by atoms with Crippen molar-refractivity contribution in [1.82, 2.24) is 10.3 Å². The van der Waals surface area contributed by atoms with E-state index in [-0.39, 0.29) is 5.41 Å². The van der Waals surface area contributed by atoms with Gasteiger partial charge in [-0.1, -0.05) is 6.92 Å². The first-order valence-corrected chi connectivity index (χ1v) is 6.91. The number of aryl methyl sites for hydroxylation is 2. The lowest BCUT2D eigenvalue weighted by Crippen LogP contribution is -2.45. The van der Waals surface area contributed by atoms with Gasteiger partial charge < -0.3 is 20.8 Å². The fourth-order valence-electron chi connectivity index (χ4n) is 2.43. The molecule has 20 heavy (non-hydrogen) atoms. The van der Waals surface area contributed by atoms with Crippen LogP contribution in [0.15, 0.2) is 6.20 Å². The quantitative estimate of drug-likeness (QED) is 0.792. The fraction of sp³-hybridized carbons (Fsp3) is 0.667. The van der Waals surface area contributed by atoms with Crippen LogP contribution < -0.4 is 11.1 Å². The number of nitrogens with one attached hydrogen (secondary N) is 2. The molecule has 4 N–H and O–H groups in total. The van der Waals surface area contributed by atoms with Crippen LogP contribution in [0, 0.1) is 13.8 Å². The number of ether oxygens (including phenoxy) is 1. The Hall–Kier alpha value is -1.49. The Kier molecular flexibility index (Phi) is 4.86. The molecule has 0 aliphatic carbocycles. The van der Waals surface area contributed by atoms with Crippen molar-refractivity contribution in [3.05, 3.63) is 23.0 Å². The summed E-state index contributed by atoms with van der Waals surface area (Å²) in [5, 5.41) is 2.82. The molecular formula is C15H27N3O2. The van der Waals surface area contributed by atoms with Gasteiger partial charge in [0, 0.05) is 30.4 Å². The van der Waals surface area contributed by atoms with E-state index in [4.69, 9.17) is 10.5 Å². The van der Waals surface area contributed by atoms with Crippen LogP contribution in [-0.4, -0.2) is 29.8 Å². The highest BCUT2D eigenvalue weighted by Crippen LogP contribution is 2.28. The first-order valence-electron chi connectivity index (χ1n) is 6.91. The zero-order chi connectivity index (χ0) is 15.6. The smallest absolute Gasteiger partial charge is 0.407 e. The highest BCUT2D eigenvalue weighted by molar-refractivity contribution is 5.68. The van der Waals surface area contributed by atoms with Gasteiger partial charge in [0.15, 0.2) is 0 Å². The molecule has 5 nitrogen and oxygen atoms in total. The molecule has 1 amide bonds. The Labute approximate surface area is 121 Å². The van der Waals surface area contributed by atoms with Crippen LogP contribution in [-0.2, 0) is 10.2 Å². The summed E-state index contributed by atoms with van der Waals surface area (Å²) in [4.78, 5) is 15.0. The Morgan fingerprint density at radius 2 is 1.95 bits per heavy atom. The third kappa shape index (κ3) is 4.00. The molecule has 0 spiro atoms. The number of aromatic amines is 1. The van der Waals surface area contributed by atoms with Crippen molar-refractivity contribution in [3.63, 3.8) is 0 Å². The number of carbonyl (C=O) groups is 1. The van der Waals surface area contributed by atoms with E-state index in [9.17, 15) is 4.79 Å². The number of hydrogen-bond acceptors (Lipinski definition) is 3. The standard InChI is InChI=1S/C15H27N3O2/c1-10-7-17-11(2)12(10)15(6,8-16)9-18-13(19)20-14(3,4)5/h7,17H,8-9,16H2,1-6H3,(H,18,19). The van der Waals surface area contributed by atoms with Crippen LogP contribution >= 0.6 is 0 Å². The number of alkyl carbamates (subject to hydrolysis) is 1. The summed E-state index contributed by atoms with van der Waals surface area (Å²) >= 11 is 0. The van der Waals surface area contributed by atoms with Gasteiger partial charge in [-0.2, -0.15) is 0 Å². The van der Waals surface area contributed by atoms with Gasteiger partial charge in [0.2, 0.25) is 0 Å². The van der Waals surface area contributed by atoms with E-state index in [1.165, 1.54) is 0 Å². The number of nitrogens with two attached hydrogens (primary N) is 1. The molecule has 1 unspecified atom stereocenters. The molecule has 5 heteroatoms. The maximum absolute atomic E-state index is 11.8. The molecular weight excluding hydrogens is 254 g/mol. The summed E-state index contributed by atoms with van der Waals surface area (Å²) in [6.45, 7) is 12.5. The number of hydrogen-bond donors (Lipinski definition) is 3. The van der Waals surface area contributed by atoms with Crippen LogP contribution in [0.3, 0.4) is 0 Å². The minimum Gasteiger partial charge on any atom is -0.444 e. The molecule has 1 aromatic heterocycles. The molecule has 0 saturated carbocycles. The van der Waals surface area contributed by atoms with Gasteiger partial charge in [-0.3, -0.25) is 0 Å². The highest BCUT2D eigenvalue weighted by atomic mass is 16.6. The minimum atomic E-state index is -0.497. The lowest BCUT2D eigenvalue weighted by atomic mass is 9.80. The number of aromatic nitrogens is 1. The molecule has 114 valence electrons. The van der Waals surface area contributed by atoms with Crippen molar-refractivity contribution in [3.8, 4) is 0 Å². The molecule has 0 radical (unpaired) electrons. The van der Waals surface area contributed by atoms with Gasteiger partial charge in [-0.15, -0.1) is 0 Å². The SMILES string of the molecule is Cc1c[nH]c(C)c1C(C)(CN)CNC(=O)OC(C)(C)C. The zero-order valence-electron chi connectivity index (χ0n) is 13.4. The highest BCUT2D eigenvalue weighted by Gasteiger charge is 2.30. The van der Waals surface area contributed by atoms with E-state index in [0.717, 1.165) is 16.8 Å². The molecule has 1 aromatic rings. The Balaban J connectivity index is 2.79. The number of amides is 1. The molecule has 0 aromatic carbocycles. The van der Waals surface area contributed by atoms with Gasteiger partial charge >= 0.3 is 6.09 Å². The third-order valence-corrected chi connectivity index (χ3v) is 3.35. The second-order valence-corrected chi connectivity index (χ2v) is 6.59. The normalized spacial score (nSPS) is 14.8. The zero-order valence-corrected chi connectivity index (χ0v) is 13.4. The van der Waals surface area contributed by atoms with Crippen molar-refractivity contribution in [2.24, 2.45) is 5.73 Å². The van der Waals surface area contributed by atoms with Crippen molar-refractivity contribution in [1.29, 1.82) is 0 Å². The Morgan fingerprint density at radius 3 is 2.35 bits per heavy atom. The third-order valence-electron chi connectivity index (χ3n) is 3.35. The number of carbonyl (C=O) groups excluding carboxylic acids is 1. The fourth-order valence-corrected chi connectivity index (χ4v) is 2.43. The van der Waals surface area contributed by atoms with E-state index in [1.807, 2.05) is 47.7 Å². The van der Waals surface area contributed by atoms with Gasteiger partial charge in [0.25, 0.3) is 0 Å². The summed E-state index contributed by atoms with van der Waals surface area (Å²) in [7, 11) is 0. The molecule has 0 aliphatic rings. The first kappa shape index (κ1) is 16.6. The lowest BCUT2D eigenvalue weighted by molar-refractivity contribution is 0.0516. The Morgan fingerprint density at radius 1 is 1.35 bits per heavy atom. The summed E-state index contributed by atoms with van der Waals surface area (Å²) in [5.41, 5.74) is 8.53. The second-order valence-electron chi connectivity index (χ2n) is 6.59. The molecule has 1 atom stereocenters. The predicted molar refractivity (Wildman–Crippen MR) is 80.9 cm³/mol. The lowest BCUT2D eigenvalue weighted by Gasteiger charge is -2.30. The summed E-state index contributed by atoms with van der Waals surface area (Å²) in [6.07, 6.45) is 1.55. The molecule has 0 saturated heterocycles. The van der Waals surface area contributed by atoms with Gasteiger partial charge in [0.05, 0.1) is 0 Å². The number of rotatable bonds is 4. The van der Waals surface area contributed by atoms with Gasteiger partial charge in [0.1, 0.15) is 5.60 Å². The minimum absolute atomic E-state index is 0.314. The predicted octanol–water partition coefficient (Wildman–Crippen LogP) is 2.37. The van der Waals surface area contributed by atoms with Gasteiger partial charge in [-0.25, -0.2) is 4.79 Å². The molecule has 0 bridgehead atoms. The second kappa shape index (κ2) is 5.87. The molecule has 1 heterocycles. The van der Waals surface area contributed by atoms with E-state index in [0.29, 0.717) is 13.1 Å². The van der Waals surface area contributed by atoms with Crippen molar-refractivity contribution in [2.75, 3.05) is 13.1 Å². The molecule has 0 aliphatic heterocycles. The van der Waals surface area contributed by atoms with Gasteiger partial charge in [-0.05, 0) is 45.7 Å². The van der Waals surface area contributed by atoms with Crippen molar-refractivity contribution in [2.45, 2.75) is 52.6 Å². The van der Waals surface area contributed by atoms with Crippen molar-refractivity contribution >= 4 is 6.09 Å². The maximum atomic E-state index is 11.8. The average Bonchev–Trinajstić information content (AvgIpc) is 2.64. The van der Waals surface area contributed by atoms with Crippen LogP contribution in [0.4, 0.5) is 4.79 Å². The van der Waals surface area contributed by atoms with E-state index in [1.54, 1.807) is 0 Å². The monoisotopic (exact) mass is 281 g/mol.